The maximum Gasteiger partial charge on any atom is 0.254 e. The van der Waals surface area contributed by atoms with Crippen LogP contribution >= 0.6 is 15.9 Å². The van der Waals surface area contributed by atoms with Gasteiger partial charge < -0.3 is 5.32 Å². The average molecular weight is 213 g/mol. The Morgan fingerprint density at radius 3 is 3.18 bits per heavy atom. The molecule has 0 saturated carbocycles. The summed E-state index contributed by atoms with van der Waals surface area (Å²) in [5.41, 5.74) is 1.50. The fourth-order valence-corrected chi connectivity index (χ4v) is 1.63. The number of hydrogen-bond donors (Lipinski definition) is 1. The van der Waals surface area contributed by atoms with Crippen molar-refractivity contribution in [2.75, 3.05) is 0 Å². The Bertz CT molecular complexity index is 324. The summed E-state index contributed by atoms with van der Waals surface area (Å²) in [6, 6.07) is 1.77. The minimum absolute atomic E-state index is 0.0417. The summed E-state index contributed by atoms with van der Waals surface area (Å²) in [5.74, 6) is -0.0417. The molecule has 0 atom stereocenters. The number of fused-ring (bicyclic) bond motifs is 1. The van der Waals surface area contributed by atoms with E-state index in [0.717, 1.165) is 10.2 Å². The van der Waals surface area contributed by atoms with Gasteiger partial charge in [0.05, 0.1) is 17.8 Å². The van der Waals surface area contributed by atoms with E-state index in [2.05, 4.69) is 26.2 Å². The van der Waals surface area contributed by atoms with Gasteiger partial charge in [-0.2, -0.15) is 0 Å². The molecule has 0 radical (unpaired) electrons. The average Bonchev–Trinajstić information content (AvgIpc) is 2.34. The smallest absolute Gasteiger partial charge is 0.254 e. The zero-order valence-electron chi connectivity index (χ0n) is 5.60. The molecular weight excluding hydrogens is 208 g/mol. The number of nitrogens with zero attached hydrogens (tertiary/aromatic N) is 1. The fraction of sp³-hybridized carbons (Fsp3) is 0.143. The number of aromatic nitrogens is 1. The molecule has 0 aromatic carbocycles. The zero-order valence-corrected chi connectivity index (χ0v) is 7.18. The fourth-order valence-electron chi connectivity index (χ4n) is 1.10. The van der Waals surface area contributed by atoms with Crippen LogP contribution in [0.2, 0.25) is 0 Å². The van der Waals surface area contributed by atoms with Gasteiger partial charge in [-0.25, -0.2) is 0 Å². The van der Waals surface area contributed by atoms with Gasteiger partial charge in [0.25, 0.3) is 5.91 Å². The van der Waals surface area contributed by atoms with E-state index in [0.29, 0.717) is 12.1 Å². The molecule has 2 rings (SSSR count). The number of carbonyl (C=O) groups excluding carboxylic acids is 1. The van der Waals surface area contributed by atoms with Crippen LogP contribution in [-0.2, 0) is 6.54 Å². The quantitative estimate of drug-likeness (QED) is 0.700. The first-order chi connectivity index (χ1) is 5.29. The second kappa shape index (κ2) is 2.30. The molecule has 1 N–H and O–H groups in total. The van der Waals surface area contributed by atoms with Crippen molar-refractivity contribution in [1.82, 2.24) is 10.3 Å². The monoisotopic (exact) mass is 212 g/mol. The Labute approximate surface area is 72.0 Å². The van der Waals surface area contributed by atoms with Crippen LogP contribution in [0.3, 0.4) is 0 Å². The van der Waals surface area contributed by atoms with Crippen LogP contribution in [0.1, 0.15) is 16.1 Å². The third kappa shape index (κ3) is 0.939. The first-order valence-corrected chi connectivity index (χ1v) is 4.00. The number of hydrogen-bond acceptors (Lipinski definition) is 2. The van der Waals surface area contributed by atoms with Gasteiger partial charge in [0.2, 0.25) is 0 Å². The molecule has 4 heteroatoms. The van der Waals surface area contributed by atoms with Crippen molar-refractivity contribution in [2.45, 2.75) is 6.54 Å². The molecule has 1 aromatic heterocycles. The molecule has 0 aliphatic carbocycles. The zero-order chi connectivity index (χ0) is 7.84. The molecule has 1 aromatic rings. The summed E-state index contributed by atoms with van der Waals surface area (Å²) in [7, 11) is 0. The summed E-state index contributed by atoms with van der Waals surface area (Å²) in [6.07, 6.45) is 1.68. The van der Waals surface area contributed by atoms with Gasteiger partial charge in [-0.3, -0.25) is 9.78 Å². The molecule has 0 unspecified atom stereocenters. The maximum atomic E-state index is 11.1. The van der Waals surface area contributed by atoms with E-state index >= 15 is 0 Å². The van der Waals surface area contributed by atoms with Gasteiger partial charge in [-0.1, -0.05) is 0 Å². The summed E-state index contributed by atoms with van der Waals surface area (Å²) in [4.78, 5) is 15.2. The van der Waals surface area contributed by atoms with E-state index in [9.17, 15) is 4.79 Å². The van der Waals surface area contributed by atoms with Crippen molar-refractivity contribution in [1.29, 1.82) is 0 Å². The van der Waals surface area contributed by atoms with Crippen LogP contribution in [0.15, 0.2) is 16.7 Å². The van der Waals surface area contributed by atoms with Crippen LogP contribution in [0, 0.1) is 0 Å². The summed E-state index contributed by atoms with van der Waals surface area (Å²) < 4.78 is 0.817. The van der Waals surface area contributed by atoms with E-state index in [4.69, 9.17) is 0 Å². The lowest BCUT2D eigenvalue weighted by Gasteiger charge is -1.95. The molecule has 1 aliphatic heterocycles. The predicted octanol–water partition coefficient (Wildman–Crippen LogP) is 1.09. The van der Waals surface area contributed by atoms with Crippen LogP contribution in [-0.4, -0.2) is 10.9 Å². The summed E-state index contributed by atoms with van der Waals surface area (Å²) in [5, 5.41) is 2.69. The number of rotatable bonds is 0. The van der Waals surface area contributed by atoms with Crippen LogP contribution in [0.4, 0.5) is 0 Å². The summed E-state index contributed by atoms with van der Waals surface area (Å²) >= 11 is 3.29. The molecule has 11 heavy (non-hydrogen) atoms. The number of carbonyl (C=O) groups is 1. The van der Waals surface area contributed by atoms with Gasteiger partial charge in [0, 0.05) is 10.7 Å². The topological polar surface area (TPSA) is 42.0 Å². The Balaban J connectivity index is 2.68. The van der Waals surface area contributed by atoms with E-state index in [1.54, 1.807) is 12.3 Å². The summed E-state index contributed by atoms with van der Waals surface area (Å²) in [6.45, 7) is 0.549. The largest absolute Gasteiger partial charge is 0.346 e. The molecule has 1 aliphatic rings. The highest BCUT2D eigenvalue weighted by molar-refractivity contribution is 9.10. The van der Waals surface area contributed by atoms with Gasteiger partial charge in [-0.15, -0.1) is 0 Å². The third-order valence-electron chi connectivity index (χ3n) is 1.62. The van der Waals surface area contributed by atoms with Crippen LogP contribution < -0.4 is 5.32 Å². The molecule has 0 fully saturated rings. The Hall–Kier alpha value is -0.900. The lowest BCUT2D eigenvalue weighted by atomic mass is 10.2. The van der Waals surface area contributed by atoms with Gasteiger partial charge in [-0.05, 0) is 22.0 Å². The minimum atomic E-state index is -0.0417. The molecular formula is C7H5BrN2O. The van der Waals surface area contributed by atoms with Gasteiger partial charge in [0.1, 0.15) is 0 Å². The van der Waals surface area contributed by atoms with E-state index < -0.39 is 0 Å². The number of halogens is 1. The standard InChI is InChI=1S/C7H5BrN2O/c8-4-1-2-9-5-3-10-7(11)6(4)5/h1-2H,3H2,(H,10,11). The van der Waals surface area contributed by atoms with Crippen molar-refractivity contribution in [3.63, 3.8) is 0 Å². The van der Waals surface area contributed by atoms with Crippen molar-refractivity contribution >= 4 is 21.8 Å². The molecule has 1 amide bonds. The Kier molecular flexibility index (Phi) is 1.42. The predicted molar refractivity (Wildman–Crippen MR) is 43.1 cm³/mol. The first kappa shape index (κ1) is 6.79. The van der Waals surface area contributed by atoms with E-state index in [1.807, 2.05) is 0 Å². The van der Waals surface area contributed by atoms with Crippen LogP contribution in [0.5, 0.6) is 0 Å². The lowest BCUT2D eigenvalue weighted by molar-refractivity contribution is 0.0965. The van der Waals surface area contributed by atoms with Gasteiger partial charge >= 0.3 is 0 Å². The van der Waals surface area contributed by atoms with Crippen molar-refractivity contribution in [3.8, 4) is 0 Å². The number of nitrogens with one attached hydrogen (secondary N) is 1. The first-order valence-electron chi connectivity index (χ1n) is 3.20. The SMILES string of the molecule is O=C1NCc2nccc(Br)c21. The third-order valence-corrected chi connectivity index (χ3v) is 2.28. The number of amides is 1. The lowest BCUT2D eigenvalue weighted by Crippen LogP contribution is -2.12. The highest BCUT2D eigenvalue weighted by Gasteiger charge is 2.21. The molecule has 0 bridgehead atoms. The number of pyridine rings is 1. The minimum Gasteiger partial charge on any atom is -0.346 e. The normalized spacial score (nSPS) is 14.5. The Morgan fingerprint density at radius 1 is 1.64 bits per heavy atom. The van der Waals surface area contributed by atoms with Crippen LogP contribution in [0.25, 0.3) is 0 Å². The van der Waals surface area contributed by atoms with Gasteiger partial charge in [0.15, 0.2) is 0 Å². The molecule has 2 heterocycles. The molecule has 0 spiro atoms. The second-order valence-electron chi connectivity index (χ2n) is 2.30. The highest BCUT2D eigenvalue weighted by Crippen LogP contribution is 2.21. The molecule has 56 valence electrons. The molecule has 3 nitrogen and oxygen atoms in total. The van der Waals surface area contributed by atoms with Crippen molar-refractivity contribution < 1.29 is 4.79 Å². The van der Waals surface area contributed by atoms with Crippen molar-refractivity contribution in [3.05, 3.63) is 28.0 Å². The van der Waals surface area contributed by atoms with E-state index in [1.165, 1.54) is 0 Å². The maximum absolute atomic E-state index is 11.1. The Morgan fingerprint density at radius 2 is 2.45 bits per heavy atom. The highest BCUT2D eigenvalue weighted by atomic mass is 79.9. The molecule has 0 saturated heterocycles. The van der Waals surface area contributed by atoms with E-state index in [-0.39, 0.29) is 5.91 Å². The second-order valence-corrected chi connectivity index (χ2v) is 3.15. The van der Waals surface area contributed by atoms with Crippen molar-refractivity contribution in [2.24, 2.45) is 0 Å².